The van der Waals surface area contributed by atoms with Crippen LogP contribution in [0.2, 0.25) is 0 Å². The van der Waals surface area contributed by atoms with E-state index in [1.54, 1.807) is 42.8 Å². The molecule has 0 amide bonds. The minimum absolute atomic E-state index is 0.0714. The predicted octanol–water partition coefficient (Wildman–Crippen LogP) is 3.22. The second kappa shape index (κ2) is 7.26. The lowest BCUT2D eigenvalue weighted by molar-refractivity contribution is 0.527. The van der Waals surface area contributed by atoms with Crippen molar-refractivity contribution in [1.29, 1.82) is 5.26 Å². The minimum atomic E-state index is -3.83. The predicted molar refractivity (Wildman–Crippen MR) is 107 cm³/mol. The lowest BCUT2D eigenvalue weighted by Gasteiger charge is -2.18. The summed E-state index contributed by atoms with van der Waals surface area (Å²) in [5.41, 5.74) is 8.61. The fraction of sp³-hybridized carbons (Fsp3) is 0.250. The van der Waals surface area contributed by atoms with Crippen molar-refractivity contribution >= 4 is 26.6 Å². The van der Waals surface area contributed by atoms with Gasteiger partial charge in [-0.3, -0.25) is 0 Å². The monoisotopic (exact) mass is 400 g/mol. The molecule has 3 N–H and O–H groups in total. The summed E-state index contributed by atoms with van der Waals surface area (Å²) >= 11 is 0. The molecule has 2 aromatic carbocycles. The van der Waals surface area contributed by atoms with Gasteiger partial charge in [-0.25, -0.2) is 17.5 Å². The largest absolute Gasteiger partial charge is 0.398 e. The molecule has 1 atom stereocenters. The number of halogens is 1. The van der Waals surface area contributed by atoms with Gasteiger partial charge in [0.2, 0.25) is 10.0 Å². The summed E-state index contributed by atoms with van der Waals surface area (Å²) in [7, 11) is -3.83. The minimum Gasteiger partial charge on any atom is -0.398 e. The van der Waals surface area contributed by atoms with Crippen LogP contribution >= 0.6 is 0 Å². The first kappa shape index (κ1) is 19.9. The zero-order valence-corrected chi connectivity index (χ0v) is 16.6. The van der Waals surface area contributed by atoms with Crippen molar-refractivity contribution < 1.29 is 12.8 Å². The van der Waals surface area contributed by atoms with E-state index in [1.165, 1.54) is 12.1 Å². The van der Waals surface area contributed by atoms with Crippen molar-refractivity contribution in [2.45, 2.75) is 38.3 Å². The quantitative estimate of drug-likeness (QED) is 0.642. The molecule has 0 saturated heterocycles. The molecule has 0 fully saturated rings. The summed E-state index contributed by atoms with van der Waals surface area (Å²) in [6, 6.07) is 9.14. The maximum atomic E-state index is 13.5. The van der Waals surface area contributed by atoms with Crippen LogP contribution in [0.3, 0.4) is 0 Å². The third-order valence-electron chi connectivity index (χ3n) is 4.51. The Bertz CT molecular complexity index is 1190. The number of nitrogens with two attached hydrogens (primary N) is 1. The van der Waals surface area contributed by atoms with Crippen molar-refractivity contribution in [3.63, 3.8) is 0 Å². The Morgan fingerprint density at radius 1 is 1.29 bits per heavy atom. The van der Waals surface area contributed by atoms with E-state index in [2.05, 4.69) is 4.72 Å². The number of hydrogen-bond donors (Lipinski definition) is 2. The van der Waals surface area contributed by atoms with E-state index in [0.717, 1.165) is 5.56 Å². The molecule has 0 saturated carbocycles. The number of nitrogen functional groups attached to an aromatic ring is 1. The molecule has 0 aliphatic heterocycles. The third kappa shape index (κ3) is 3.72. The molecular formula is C20H21FN4O2S. The highest BCUT2D eigenvalue weighted by atomic mass is 32.2. The maximum absolute atomic E-state index is 13.5. The number of nitriles is 1. The molecule has 8 heteroatoms. The van der Waals surface area contributed by atoms with Crippen LogP contribution in [0.1, 0.15) is 23.6 Å². The molecule has 0 unspecified atom stereocenters. The molecule has 0 bridgehead atoms. The molecule has 0 aliphatic carbocycles. The number of sulfonamides is 1. The van der Waals surface area contributed by atoms with E-state index in [4.69, 9.17) is 5.73 Å². The fourth-order valence-electron chi connectivity index (χ4n) is 3.52. The molecule has 3 rings (SSSR count). The molecule has 146 valence electrons. The SMILES string of the molecule is Cc1cc(C)c(S(=O)(=O)N[C@@H](C)Cn2cc(C#N)c3cc(F)ccc32)c(N)c1. The standard InChI is InChI=1S/C20H21FN4O2S/c1-12-6-13(2)20(18(23)7-12)28(26,27)24-14(3)10-25-11-15(9-22)17-8-16(21)4-5-19(17)25/h4-8,11,14,24H,10,23H2,1-3H3/t14-/m0/s1. The van der Waals surface area contributed by atoms with Gasteiger partial charge in [-0.15, -0.1) is 0 Å². The van der Waals surface area contributed by atoms with Crippen molar-refractivity contribution in [2.24, 2.45) is 0 Å². The molecule has 3 aromatic rings. The van der Waals surface area contributed by atoms with Crippen LogP contribution in [0, 0.1) is 31.0 Å². The molecule has 0 aliphatic rings. The Morgan fingerprint density at radius 3 is 2.64 bits per heavy atom. The summed E-state index contributed by atoms with van der Waals surface area (Å²) in [5.74, 6) is -0.430. The van der Waals surface area contributed by atoms with Gasteiger partial charge in [0.25, 0.3) is 0 Å². The first-order valence-electron chi connectivity index (χ1n) is 8.70. The van der Waals surface area contributed by atoms with Crippen LogP contribution in [0.5, 0.6) is 0 Å². The number of nitrogens with zero attached hydrogens (tertiary/aromatic N) is 2. The number of aromatic nitrogens is 1. The van der Waals surface area contributed by atoms with E-state index in [9.17, 15) is 18.1 Å². The summed E-state index contributed by atoms with van der Waals surface area (Å²) < 4.78 is 43.6. The van der Waals surface area contributed by atoms with Crippen molar-refractivity contribution in [3.8, 4) is 6.07 Å². The number of fused-ring (bicyclic) bond motifs is 1. The number of aryl methyl sites for hydroxylation is 2. The number of rotatable bonds is 5. The van der Waals surface area contributed by atoms with Crippen LogP contribution in [-0.2, 0) is 16.6 Å². The smallest absolute Gasteiger partial charge is 0.243 e. The van der Waals surface area contributed by atoms with Gasteiger partial charge in [-0.2, -0.15) is 5.26 Å². The lowest BCUT2D eigenvalue weighted by atomic mass is 10.1. The van der Waals surface area contributed by atoms with Gasteiger partial charge in [0.1, 0.15) is 16.8 Å². The van der Waals surface area contributed by atoms with Crippen molar-refractivity contribution in [1.82, 2.24) is 9.29 Å². The van der Waals surface area contributed by atoms with Gasteiger partial charge in [0.05, 0.1) is 11.3 Å². The average molecular weight is 400 g/mol. The lowest BCUT2D eigenvalue weighted by Crippen LogP contribution is -2.36. The van der Waals surface area contributed by atoms with Crippen LogP contribution in [-0.4, -0.2) is 19.0 Å². The Hall–Kier alpha value is -2.89. The first-order valence-corrected chi connectivity index (χ1v) is 10.2. The van der Waals surface area contributed by atoms with Gasteiger partial charge in [0.15, 0.2) is 0 Å². The van der Waals surface area contributed by atoms with E-state index in [-0.39, 0.29) is 17.1 Å². The van der Waals surface area contributed by atoms with Gasteiger partial charge in [0, 0.05) is 29.7 Å². The van der Waals surface area contributed by atoms with Crippen LogP contribution in [0.25, 0.3) is 10.9 Å². The summed E-state index contributed by atoms with van der Waals surface area (Å²) in [5, 5.41) is 9.78. The molecule has 1 aromatic heterocycles. The molecule has 28 heavy (non-hydrogen) atoms. The normalized spacial score (nSPS) is 12.8. The summed E-state index contributed by atoms with van der Waals surface area (Å²) in [6.07, 6.45) is 1.60. The number of hydrogen-bond acceptors (Lipinski definition) is 4. The van der Waals surface area contributed by atoms with Crippen LogP contribution in [0.15, 0.2) is 41.4 Å². The second-order valence-corrected chi connectivity index (χ2v) is 8.64. The Balaban J connectivity index is 1.90. The Morgan fingerprint density at radius 2 is 2.00 bits per heavy atom. The van der Waals surface area contributed by atoms with E-state index < -0.39 is 21.9 Å². The average Bonchev–Trinajstić information content (AvgIpc) is 2.89. The molecule has 0 spiro atoms. The van der Waals surface area contributed by atoms with Gasteiger partial charge >= 0.3 is 0 Å². The third-order valence-corrected chi connectivity index (χ3v) is 6.31. The Kier molecular flexibility index (Phi) is 5.15. The Labute approximate surface area is 163 Å². The van der Waals surface area contributed by atoms with E-state index in [0.29, 0.717) is 22.0 Å². The van der Waals surface area contributed by atoms with Crippen molar-refractivity contribution in [2.75, 3.05) is 5.73 Å². The van der Waals surface area contributed by atoms with Crippen LogP contribution in [0.4, 0.5) is 10.1 Å². The van der Waals surface area contributed by atoms with Crippen molar-refractivity contribution in [3.05, 3.63) is 59.0 Å². The number of anilines is 1. The van der Waals surface area contributed by atoms with E-state index in [1.807, 2.05) is 13.0 Å². The zero-order chi connectivity index (χ0) is 20.6. The zero-order valence-electron chi connectivity index (χ0n) is 15.8. The number of benzene rings is 2. The molecule has 1 heterocycles. The second-order valence-electron chi connectivity index (χ2n) is 6.99. The highest BCUT2D eigenvalue weighted by Crippen LogP contribution is 2.25. The highest BCUT2D eigenvalue weighted by Gasteiger charge is 2.23. The van der Waals surface area contributed by atoms with Crippen LogP contribution < -0.4 is 10.5 Å². The van der Waals surface area contributed by atoms with Gasteiger partial charge in [-0.05, 0) is 56.2 Å². The first-order chi connectivity index (χ1) is 13.1. The molecule has 0 radical (unpaired) electrons. The fourth-order valence-corrected chi connectivity index (χ4v) is 5.09. The van der Waals surface area contributed by atoms with E-state index >= 15 is 0 Å². The molecule has 6 nitrogen and oxygen atoms in total. The summed E-state index contributed by atoms with van der Waals surface area (Å²) in [4.78, 5) is 0.0714. The number of nitrogens with one attached hydrogen (secondary N) is 1. The van der Waals surface area contributed by atoms with Gasteiger partial charge < -0.3 is 10.3 Å². The maximum Gasteiger partial charge on any atom is 0.243 e. The highest BCUT2D eigenvalue weighted by molar-refractivity contribution is 7.89. The molecular weight excluding hydrogens is 379 g/mol. The summed E-state index contributed by atoms with van der Waals surface area (Å²) in [6.45, 7) is 5.55. The topological polar surface area (TPSA) is 101 Å². The van der Waals surface area contributed by atoms with Gasteiger partial charge in [-0.1, -0.05) is 6.07 Å².